The number of piperidine rings is 1. The van der Waals surface area contributed by atoms with Crippen molar-refractivity contribution in [3.05, 3.63) is 18.1 Å². The zero-order valence-corrected chi connectivity index (χ0v) is 10.2. The first kappa shape index (κ1) is 10.3. The van der Waals surface area contributed by atoms with Gasteiger partial charge in [0.1, 0.15) is 12.1 Å². The topological polar surface area (TPSA) is 29.0 Å². The van der Waals surface area contributed by atoms with Crippen molar-refractivity contribution < 1.29 is 0 Å². The van der Waals surface area contributed by atoms with E-state index in [2.05, 4.69) is 20.9 Å². The quantitative estimate of drug-likeness (QED) is 0.703. The van der Waals surface area contributed by atoms with Crippen molar-refractivity contribution in [2.75, 3.05) is 4.90 Å². The van der Waals surface area contributed by atoms with Gasteiger partial charge in [-0.1, -0.05) is 0 Å². The number of anilines is 1. The number of hydrogen-bond donors (Lipinski definition) is 0. The SMILES string of the molecule is Cc1cc(N2C3CCC2CC(Cl)C3)ncn1. The van der Waals surface area contributed by atoms with Gasteiger partial charge in [0.15, 0.2) is 0 Å². The molecule has 0 saturated carbocycles. The molecule has 2 saturated heterocycles. The Morgan fingerprint density at radius 2 is 1.94 bits per heavy atom. The van der Waals surface area contributed by atoms with Crippen molar-refractivity contribution in [3.63, 3.8) is 0 Å². The Kier molecular flexibility index (Phi) is 2.51. The fourth-order valence-electron chi connectivity index (χ4n) is 3.07. The molecule has 3 rings (SSSR count). The van der Waals surface area contributed by atoms with E-state index in [1.807, 2.05) is 6.92 Å². The number of hydrogen-bond acceptors (Lipinski definition) is 3. The lowest BCUT2D eigenvalue weighted by Crippen LogP contribution is -2.43. The highest BCUT2D eigenvalue weighted by Crippen LogP contribution is 2.40. The Morgan fingerprint density at radius 3 is 2.56 bits per heavy atom. The third-order valence-corrected chi connectivity index (χ3v) is 4.09. The second-order valence-corrected chi connectivity index (χ2v) is 5.50. The molecule has 0 amide bonds. The predicted octanol–water partition coefficient (Wildman–Crippen LogP) is 2.52. The molecule has 0 aliphatic carbocycles. The van der Waals surface area contributed by atoms with E-state index in [1.165, 1.54) is 12.8 Å². The van der Waals surface area contributed by atoms with E-state index < -0.39 is 0 Å². The smallest absolute Gasteiger partial charge is 0.132 e. The molecular weight excluding hydrogens is 222 g/mol. The van der Waals surface area contributed by atoms with Crippen LogP contribution < -0.4 is 4.90 Å². The van der Waals surface area contributed by atoms with Gasteiger partial charge in [-0.25, -0.2) is 9.97 Å². The van der Waals surface area contributed by atoms with E-state index in [4.69, 9.17) is 11.6 Å². The zero-order valence-electron chi connectivity index (χ0n) is 9.43. The van der Waals surface area contributed by atoms with Crippen molar-refractivity contribution >= 4 is 17.4 Å². The Labute approximate surface area is 101 Å². The largest absolute Gasteiger partial charge is 0.350 e. The van der Waals surface area contributed by atoms with Crippen LogP contribution in [-0.2, 0) is 0 Å². The number of aromatic nitrogens is 2. The molecule has 2 atom stereocenters. The van der Waals surface area contributed by atoms with E-state index in [0.29, 0.717) is 17.5 Å². The lowest BCUT2D eigenvalue weighted by Gasteiger charge is -2.37. The van der Waals surface area contributed by atoms with Gasteiger partial charge in [0.25, 0.3) is 0 Å². The number of halogens is 1. The third-order valence-electron chi connectivity index (χ3n) is 3.73. The van der Waals surface area contributed by atoms with Gasteiger partial charge in [-0.3, -0.25) is 0 Å². The first-order chi connectivity index (χ1) is 7.74. The first-order valence-electron chi connectivity index (χ1n) is 5.95. The molecule has 2 unspecified atom stereocenters. The van der Waals surface area contributed by atoms with Crippen molar-refractivity contribution in [1.82, 2.24) is 9.97 Å². The summed E-state index contributed by atoms with van der Waals surface area (Å²) in [6.45, 7) is 2.02. The van der Waals surface area contributed by atoms with E-state index >= 15 is 0 Å². The Balaban J connectivity index is 1.91. The molecular formula is C12H16ClN3. The summed E-state index contributed by atoms with van der Waals surface area (Å²) in [5.41, 5.74) is 1.04. The molecule has 2 aliphatic rings. The minimum absolute atomic E-state index is 0.358. The van der Waals surface area contributed by atoms with E-state index in [1.54, 1.807) is 6.33 Å². The fourth-order valence-corrected chi connectivity index (χ4v) is 3.48. The van der Waals surface area contributed by atoms with Crippen LogP contribution in [0, 0.1) is 6.92 Å². The maximum absolute atomic E-state index is 6.27. The van der Waals surface area contributed by atoms with Gasteiger partial charge in [0, 0.05) is 29.2 Å². The molecule has 4 heteroatoms. The summed E-state index contributed by atoms with van der Waals surface area (Å²) in [6, 6.07) is 3.27. The highest BCUT2D eigenvalue weighted by Gasteiger charge is 2.40. The lowest BCUT2D eigenvalue weighted by atomic mass is 10.0. The molecule has 3 nitrogen and oxygen atoms in total. The summed E-state index contributed by atoms with van der Waals surface area (Å²) in [4.78, 5) is 11.0. The van der Waals surface area contributed by atoms with Gasteiger partial charge in [-0.2, -0.15) is 0 Å². The van der Waals surface area contributed by atoms with Crippen molar-refractivity contribution in [3.8, 4) is 0 Å². The minimum atomic E-state index is 0.358. The normalized spacial score (nSPS) is 33.1. The van der Waals surface area contributed by atoms with Gasteiger partial charge >= 0.3 is 0 Å². The van der Waals surface area contributed by atoms with Crippen LogP contribution >= 0.6 is 11.6 Å². The van der Waals surface area contributed by atoms with Crippen LogP contribution in [0.5, 0.6) is 0 Å². The van der Waals surface area contributed by atoms with Crippen LogP contribution in [0.1, 0.15) is 31.4 Å². The number of fused-ring (bicyclic) bond motifs is 2. The molecule has 2 bridgehead atoms. The Bertz CT molecular complexity index is 382. The van der Waals surface area contributed by atoms with Crippen LogP contribution in [0.2, 0.25) is 0 Å². The van der Waals surface area contributed by atoms with Gasteiger partial charge in [0.05, 0.1) is 0 Å². The summed E-state index contributed by atoms with van der Waals surface area (Å²) < 4.78 is 0. The summed E-state index contributed by atoms with van der Waals surface area (Å²) in [5.74, 6) is 1.09. The minimum Gasteiger partial charge on any atom is -0.350 e. The van der Waals surface area contributed by atoms with E-state index in [9.17, 15) is 0 Å². The molecule has 3 heterocycles. The number of aryl methyl sites for hydroxylation is 1. The highest BCUT2D eigenvalue weighted by molar-refractivity contribution is 6.20. The molecule has 1 aromatic rings. The van der Waals surface area contributed by atoms with Crippen LogP contribution in [-0.4, -0.2) is 27.4 Å². The molecule has 0 aromatic carbocycles. The van der Waals surface area contributed by atoms with Crippen LogP contribution in [0.15, 0.2) is 12.4 Å². The average Bonchev–Trinajstić information content (AvgIpc) is 2.51. The summed E-state index contributed by atoms with van der Waals surface area (Å²) >= 11 is 6.27. The maximum Gasteiger partial charge on any atom is 0.132 e. The van der Waals surface area contributed by atoms with Gasteiger partial charge in [-0.15, -0.1) is 11.6 Å². The fraction of sp³-hybridized carbons (Fsp3) is 0.667. The molecule has 86 valence electrons. The van der Waals surface area contributed by atoms with Gasteiger partial charge < -0.3 is 4.90 Å². The van der Waals surface area contributed by atoms with Crippen molar-refractivity contribution in [2.24, 2.45) is 0 Å². The van der Waals surface area contributed by atoms with Crippen LogP contribution in [0.4, 0.5) is 5.82 Å². The number of alkyl halides is 1. The predicted molar refractivity (Wildman–Crippen MR) is 64.9 cm³/mol. The van der Waals surface area contributed by atoms with Crippen molar-refractivity contribution in [2.45, 2.75) is 50.1 Å². The molecule has 0 spiro atoms. The zero-order chi connectivity index (χ0) is 11.1. The van der Waals surface area contributed by atoms with E-state index in [0.717, 1.165) is 24.4 Å². The number of nitrogens with zero attached hydrogens (tertiary/aromatic N) is 3. The highest BCUT2D eigenvalue weighted by atomic mass is 35.5. The molecule has 2 aliphatic heterocycles. The molecule has 0 N–H and O–H groups in total. The van der Waals surface area contributed by atoms with Crippen LogP contribution in [0.25, 0.3) is 0 Å². The van der Waals surface area contributed by atoms with Crippen molar-refractivity contribution in [1.29, 1.82) is 0 Å². The standard InChI is InChI=1S/C12H16ClN3/c1-8-4-12(15-7-14-8)16-10-2-3-11(16)6-9(13)5-10/h4,7,9-11H,2-3,5-6H2,1H3. The summed E-state index contributed by atoms with van der Waals surface area (Å²) in [7, 11) is 0. The summed E-state index contributed by atoms with van der Waals surface area (Å²) in [6.07, 6.45) is 6.38. The maximum atomic E-state index is 6.27. The monoisotopic (exact) mass is 237 g/mol. The third kappa shape index (κ3) is 1.67. The molecule has 0 radical (unpaired) electrons. The second-order valence-electron chi connectivity index (χ2n) is 4.88. The summed E-state index contributed by atoms with van der Waals surface area (Å²) in [5, 5.41) is 0.358. The number of rotatable bonds is 1. The van der Waals surface area contributed by atoms with Gasteiger partial charge in [0.2, 0.25) is 0 Å². The van der Waals surface area contributed by atoms with Crippen LogP contribution in [0.3, 0.4) is 0 Å². The Morgan fingerprint density at radius 1 is 1.25 bits per heavy atom. The molecule has 16 heavy (non-hydrogen) atoms. The Hall–Kier alpha value is -0.830. The average molecular weight is 238 g/mol. The first-order valence-corrected chi connectivity index (χ1v) is 6.39. The second kappa shape index (κ2) is 3.88. The molecule has 1 aromatic heterocycles. The lowest BCUT2D eigenvalue weighted by molar-refractivity contribution is 0.470. The van der Waals surface area contributed by atoms with Gasteiger partial charge in [-0.05, 0) is 32.6 Å². The molecule has 2 fully saturated rings. The van der Waals surface area contributed by atoms with E-state index in [-0.39, 0.29) is 0 Å².